The maximum Gasteiger partial charge on any atom is 0.340 e. The van der Waals surface area contributed by atoms with Gasteiger partial charge >= 0.3 is 5.97 Å². The van der Waals surface area contributed by atoms with Crippen molar-refractivity contribution in [2.24, 2.45) is 0 Å². The number of hydroxylamine groups is 1. The van der Waals surface area contributed by atoms with Gasteiger partial charge in [-0.2, -0.15) is 10.7 Å². The zero-order valence-electron chi connectivity index (χ0n) is 12.9. The third-order valence-corrected chi connectivity index (χ3v) is 3.78. The van der Waals surface area contributed by atoms with Crippen molar-refractivity contribution in [2.75, 3.05) is 6.61 Å². The molecule has 1 aromatic carbocycles. The van der Waals surface area contributed by atoms with Crippen LogP contribution >= 0.6 is 0 Å². The van der Waals surface area contributed by atoms with Crippen LogP contribution in [0.25, 0.3) is 0 Å². The summed E-state index contributed by atoms with van der Waals surface area (Å²) in [5, 5.41) is 18.6. The van der Waals surface area contributed by atoms with E-state index >= 15 is 0 Å². The molecule has 6 nitrogen and oxygen atoms in total. The highest BCUT2D eigenvalue weighted by Crippen LogP contribution is 2.39. The van der Waals surface area contributed by atoms with E-state index in [1.807, 2.05) is 26.8 Å². The Bertz CT molecular complexity index is 610. The molecule has 0 bridgehead atoms. The first-order valence-electron chi connectivity index (χ1n) is 7.12. The Hall–Kier alpha value is -1.94. The summed E-state index contributed by atoms with van der Waals surface area (Å²) < 4.78 is 5.47. The molecule has 0 aromatic heterocycles. The zero-order chi connectivity index (χ0) is 16.4. The highest BCUT2D eigenvalue weighted by atomic mass is 16.7. The number of hydrogen-bond acceptors (Lipinski definition) is 5. The number of carbonyl (C=O) groups is 1. The van der Waals surface area contributed by atoms with E-state index in [1.54, 1.807) is 18.2 Å². The monoisotopic (exact) mass is 304 g/mol. The van der Waals surface area contributed by atoms with Crippen LogP contribution in [0, 0.1) is 11.3 Å². The van der Waals surface area contributed by atoms with Crippen LogP contribution < -0.4 is 5.48 Å². The van der Waals surface area contributed by atoms with Crippen molar-refractivity contribution < 1.29 is 19.5 Å². The molecule has 6 heteroatoms. The lowest BCUT2D eigenvalue weighted by atomic mass is 9.82. The molecule has 1 fully saturated rings. The standard InChI is InChI=1S/C16H20N2O4/c1-11(2)21-10-16(14(19)20)9-15(3,18-22-16)13-6-4-5-12(7-13)8-17/h4-7,11,18H,9-10H2,1-3H3,(H,19,20). The van der Waals surface area contributed by atoms with Crippen molar-refractivity contribution in [3.8, 4) is 6.07 Å². The molecule has 2 atom stereocenters. The fraction of sp³-hybridized carbons (Fsp3) is 0.500. The summed E-state index contributed by atoms with van der Waals surface area (Å²) in [6.45, 7) is 5.49. The first-order valence-corrected chi connectivity index (χ1v) is 7.12. The molecule has 1 aliphatic rings. The molecule has 0 aliphatic carbocycles. The minimum atomic E-state index is -1.44. The third-order valence-electron chi connectivity index (χ3n) is 3.78. The molecular formula is C16H20N2O4. The fourth-order valence-electron chi connectivity index (χ4n) is 2.51. The third kappa shape index (κ3) is 3.12. The van der Waals surface area contributed by atoms with E-state index < -0.39 is 17.1 Å². The van der Waals surface area contributed by atoms with E-state index in [2.05, 4.69) is 11.5 Å². The van der Waals surface area contributed by atoms with Crippen molar-refractivity contribution in [2.45, 2.75) is 44.4 Å². The number of carboxylic acids is 1. The van der Waals surface area contributed by atoms with Gasteiger partial charge in [-0.15, -0.1) is 0 Å². The molecule has 1 saturated heterocycles. The van der Waals surface area contributed by atoms with Crippen LogP contribution in [0.2, 0.25) is 0 Å². The molecule has 0 saturated carbocycles. The van der Waals surface area contributed by atoms with Crippen molar-refractivity contribution in [3.05, 3.63) is 35.4 Å². The van der Waals surface area contributed by atoms with Gasteiger partial charge in [-0.1, -0.05) is 12.1 Å². The maximum absolute atomic E-state index is 11.7. The first-order chi connectivity index (χ1) is 10.3. The second kappa shape index (κ2) is 6.05. The number of ether oxygens (including phenoxy) is 1. The van der Waals surface area contributed by atoms with E-state index in [0.717, 1.165) is 5.56 Å². The van der Waals surface area contributed by atoms with Gasteiger partial charge in [0.2, 0.25) is 5.60 Å². The summed E-state index contributed by atoms with van der Waals surface area (Å²) in [5.41, 5.74) is 2.01. The normalized spacial score (nSPS) is 27.8. The Morgan fingerprint density at radius 2 is 2.32 bits per heavy atom. The van der Waals surface area contributed by atoms with Crippen LogP contribution in [0.15, 0.2) is 24.3 Å². The van der Waals surface area contributed by atoms with E-state index in [-0.39, 0.29) is 19.1 Å². The lowest BCUT2D eigenvalue weighted by Crippen LogP contribution is -2.44. The number of nitrogens with one attached hydrogen (secondary N) is 1. The summed E-state index contributed by atoms with van der Waals surface area (Å²) in [5.74, 6) is -1.07. The quantitative estimate of drug-likeness (QED) is 0.864. The predicted molar refractivity (Wildman–Crippen MR) is 78.8 cm³/mol. The smallest absolute Gasteiger partial charge is 0.340 e. The molecule has 1 aliphatic heterocycles. The lowest BCUT2D eigenvalue weighted by Gasteiger charge is -2.25. The first kappa shape index (κ1) is 16.4. The molecule has 22 heavy (non-hydrogen) atoms. The van der Waals surface area contributed by atoms with Gasteiger partial charge in [-0.05, 0) is 38.5 Å². The van der Waals surface area contributed by atoms with E-state index in [9.17, 15) is 9.90 Å². The summed E-state index contributed by atoms with van der Waals surface area (Å²) in [7, 11) is 0. The molecule has 0 spiro atoms. The summed E-state index contributed by atoms with van der Waals surface area (Å²) >= 11 is 0. The molecule has 1 aromatic rings. The second-order valence-corrected chi connectivity index (χ2v) is 6.06. The molecule has 2 N–H and O–H groups in total. The number of nitriles is 1. The molecular weight excluding hydrogens is 284 g/mol. The number of nitrogens with zero attached hydrogens (tertiary/aromatic N) is 1. The van der Waals surface area contributed by atoms with E-state index in [0.29, 0.717) is 5.56 Å². The largest absolute Gasteiger partial charge is 0.479 e. The van der Waals surface area contributed by atoms with Gasteiger partial charge in [-0.25, -0.2) is 4.79 Å². The Labute approximate surface area is 129 Å². The Kier molecular flexibility index (Phi) is 4.52. The zero-order valence-corrected chi connectivity index (χ0v) is 12.9. The van der Waals surface area contributed by atoms with Gasteiger partial charge in [-0.3, -0.25) is 4.84 Å². The number of hydrogen-bond donors (Lipinski definition) is 2. The fourth-order valence-corrected chi connectivity index (χ4v) is 2.51. The summed E-state index contributed by atoms with van der Waals surface area (Å²) in [4.78, 5) is 17.1. The van der Waals surface area contributed by atoms with Crippen LogP contribution in [0.3, 0.4) is 0 Å². The molecule has 0 amide bonds. The molecule has 0 radical (unpaired) electrons. The summed E-state index contributed by atoms with van der Waals surface area (Å²) in [6.07, 6.45) is 0.116. The van der Waals surface area contributed by atoms with Crippen molar-refractivity contribution in [3.63, 3.8) is 0 Å². The Morgan fingerprint density at radius 1 is 1.59 bits per heavy atom. The maximum atomic E-state index is 11.7. The minimum absolute atomic E-state index is 0.0411. The van der Waals surface area contributed by atoms with Crippen LogP contribution in [0.5, 0.6) is 0 Å². The van der Waals surface area contributed by atoms with E-state index in [1.165, 1.54) is 0 Å². The van der Waals surface area contributed by atoms with Crippen LogP contribution in [-0.4, -0.2) is 29.4 Å². The average molecular weight is 304 g/mol. The topological polar surface area (TPSA) is 91.6 Å². The van der Waals surface area contributed by atoms with Crippen LogP contribution in [0.1, 0.15) is 38.3 Å². The number of carboxylic acid groups (broad SMARTS) is 1. The van der Waals surface area contributed by atoms with Gasteiger partial charge < -0.3 is 9.84 Å². The highest BCUT2D eigenvalue weighted by Gasteiger charge is 2.54. The number of rotatable bonds is 5. The van der Waals surface area contributed by atoms with Gasteiger partial charge in [0.05, 0.1) is 29.9 Å². The van der Waals surface area contributed by atoms with Crippen LogP contribution in [-0.2, 0) is 19.9 Å². The van der Waals surface area contributed by atoms with Crippen molar-refractivity contribution >= 4 is 5.97 Å². The van der Waals surface area contributed by atoms with Crippen LogP contribution in [0.4, 0.5) is 0 Å². The predicted octanol–water partition coefficient (Wildman–Crippen LogP) is 1.95. The Balaban J connectivity index is 2.27. The number of benzene rings is 1. The average Bonchev–Trinajstić information content (AvgIpc) is 2.85. The number of aliphatic carboxylic acids is 1. The van der Waals surface area contributed by atoms with Gasteiger partial charge in [0, 0.05) is 6.42 Å². The summed E-state index contributed by atoms with van der Waals surface area (Å²) in [6, 6.07) is 9.13. The Morgan fingerprint density at radius 3 is 2.91 bits per heavy atom. The minimum Gasteiger partial charge on any atom is -0.479 e. The SMILES string of the molecule is CC(C)OCC1(C(=O)O)CC(C)(c2cccc(C#N)c2)NO1. The van der Waals surface area contributed by atoms with Crippen molar-refractivity contribution in [1.82, 2.24) is 5.48 Å². The molecule has 2 unspecified atom stereocenters. The highest BCUT2D eigenvalue weighted by molar-refractivity contribution is 5.78. The van der Waals surface area contributed by atoms with Gasteiger partial charge in [0.15, 0.2) is 0 Å². The molecule has 2 rings (SSSR count). The lowest BCUT2D eigenvalue weighted by molar-refractivity contribution is -0.177. The molecule has 118 valence electrons. The second-order valence-electron chi connectivity index (χ2n) is 6.06. The van der Waals surface area contributed by atoms with Gasteiger partial charge in [0.1, 0.15) is 0 Å². The molecule has 1 heterocycles. The van der Waals surface area contributed by atoms with E-state index in [4.69, 9.17) is 14.8 Å². The van der Waals surface area contributed by atoms with Gasteiger partial charge in [0.25, 0.3) is 0 Å². The van der Waals surface area contributed by atoms with Crippen molar-refractivity contribution in [1.29, 1.82) is 5.26 Å².